The molecule has 1 aliphatic carbocycles. The second-order valence-corrected chi connectivity index (χ2v) is 8.31. The van der Waals surface area contributed by atoms with Gasteiger partial charge in [0.1, 0.15) is 0 Å². The number of aryl methyl sites for hydroxylation is 1. The van der Waals surface area contributed by atoms with Crippen molar-refractivity contribution in [2.24, 2.45) is 5.73 Å². The molecule has 2 aromatic rings. The molecule has 0 radical (unpaired) electrons. The number of thiazole rings is 1. The van der Waals surface area contributed by atoms with Gasteiger partial charge in [-0.15, -0.1) is 0 Å². The van der Waals surface area contributed by atoms with Crippen molar-refractivity contribution >= 4 is 16.5 Å². The number of morpholine rings is 1. The standard InChI is InChI=1S/C19H26N4OS/c1-11-6-15(7-16(21-11)14-4-5-14)18-17(8-20)22-19(25-18)23-9-12(2)24-13(3)10-23/h6-7,12-14H,4-5,8-10,20H2,1-3H3. The average molecular weight is 359 g/mol. The minimum absolute atomic E-state index is 0.224. The molecule has 0 spiro atoms. The van der Waals surface area contributed by atoms with Crippen LogP contribution in [0.5, 0.6) is 0 Å². The van der Waals surface area contributed by atoms with Gasteiger partial charge in [-0.05, 0) is 51.3 Å². The van der Waals surface area contributed by atoms with Crippen LogP contribution in [0.15, 0.2) is 12.1 Å². The van der Waals surface area contributed by atoms with Crippen molar-refractivity contribution in [3.63, 3.8) is 0 Å². The lowest BCUT2D eigenvalue weighted by Crippen LogP contribution is -2.45. The normalized spacial score (nSPS) is 23.9. The highest BCUT2D eigenvalue weighted by Crippen LogP contribution is 2.42. The fraction of sp³-hybridized carbons (Fsp3) is 0.579. The van der Waals surface area contributed by atoms with E-state index in [1.165, 1.54) is 29.0 Å². The zero-order chi connectivity index (χ0) is 17.6. The van der Waals surface area contributed by atoms with Crippen molar-refractivity contribution in [1.29, 1.82) is 0 Å². The lowest BCUT2D eigenvalue weighted by Gasteiger charge is -2.35. The van der Waals surface area contributed by atoms with Gasteiger partial charge in [0, 0.05) is 36.9 Å². The van der Waals surface area contributed by atoms with E-state index in [9.17, 15) is 0 Å². The van der Waals surface area contributed by atoms with E-state index < -0.39 is 0 Å². The first-order valence-corrected chi connectivity index (χ1v) is 9.94. The molecule has 0 amide bonds. The fourth-order valence-electron chi connectivity index (χ4n) is 3.59. The number of anilines is 1. The molecule has 134 valence electrons. The maximum absolute atomic E-state index is 6.02. The maximum atomic E-state index is 6.02. The third-order valence-corrected chi connectivity index (χ3v) is 6.01. The molecule has 3 heterocycles. The Hall–Kier alpha value is -1.50. The predicted molar refractivity (Wildman–Crippen MR) is 102 cm³/mol. The topological polar surface area (TPSA) is 64.3 Å². The second kappa shape index (κ2) is 6.67. The van der Waals surface area contributed by atoms with Gasteiger partial charge in [0.25, 0.3) is 0 Å². The van der Waals surface area contributed by atoms with Crippen LogP contribution in [0.25, 0.3) is 10.4 Å². The lowest BCUT2D eigenvalue weighted by molar-refractivity contribution is -0.00523. The predicted octanol–water partition coefficient (Wildman–Crippen LogP) is 3.46. The Bertz CT molecular complexity index is 761. The first-order valence-electron chi connectivity index (χ1n) is 9.12. The van der Waals surface area contributed by atoms with Crippen molar-refractivity contribution in [2.75, 3.05) is 18.0 Å². The Morgan fingerprint density at radius 1 is 1.20 bits per heavy atom. The van der Waals surface area contributed by atoms with Gasteiger partial charge in [-0.25, -0.2) is 4.98 Å². The van der Waals surface area contributed by atoms with Crippen LogP contribution in [0.2, 0.25) is 0 Å². The molecule has 1 aliphatic heterocycles. The van der Waals surface area contributed by atoms with Gasteiger partial charge in [0.05, 0.1) is 22.8 Å². The highest BCUT2D eigenvalue weighted by atomic mass is 32.1. The summed E-state index contributed by atoms with van der Waals surface area (Å²) >= 11 is 1.75. The van der Waals surface area contributed by atoms with Gasteiger partial charge in [-0.3, -0.25) is 4.98 Å². The molecule has 0 aromatic carbocycles. The molecule has 6 heteroatoms. The van der Waals surface area contributed by atoms with Crippen molar-refractivity contribution in [3.8, 4) is 10.4 Å². The van der Waals surface area contributed by atoms with E-state index in [1.807, 2.05) is 0 Å². The van der Waals surface area contributed by atoms with E-state index in [4.69, 9.17) is 20.4 Å². The van der Waals surface area contributed by atoms with Gasteiger partial charge in [-0.1, -0.05) is 11.3 Å². The third-order valence-electron chi connectivity index (χ3n) is 4.80. The molecule has 1 saturated heterocycles. The van der Waals surface area contributed by atoms with E-state index in [0.29, 0.717) is 12.5 Å². The summed E-state index contributed by atoms with van der Waals surface area (Å²) in [6.07, 6.45) is 2.97. The summed E-state index contributed by atoms with van der Waals surface area (Å²) in [5.41, 5.74) is 10.5. The Balaban J connectivity index is 1.69. The van der Waals surface area contributed by atoms with Crippen LogP contribution in [-0.2, 0) is 11.3 Å². The van der Waals surface area contributed by atoms with E-state index in [1.54, 1.807) is 11.3 Å². The molecular formula is C19H26N4OS. The molecule has 2 atom stereocenters. The summed E-state index contributed by atoms with van der Waals surface area (Å²) < 4.78 is 5.85. The number of aromatic nitrogens is 2. The number of nitrogens with zero attached hydrogens (tertiary/aromatic N) is 3. The Labute approximate surface area is 153 Å². The number of hydrogen-bond donors (Lipinski definition) is 1. The van der Waals surface area contributed by atoms with Crippen LogP contribution >= 0.6 is 11.3 Å². The van der Waals surface area contributed by atoms with Gasteiger partial charge >= 0.3 is 0 Å². The van der Waals surface area contributed by atoms with Crippen LogP contribution in [0.3, 0.4) is 0 Å². The van der Waals surface area contributed by atoms with Crippen LogP contribution in [0, 0.1) is 6.92 Å². The molecule has 2 fully saturated rings. The Morgan fingerprint density at radius 3 is 2.56 bits per heavy atom. The van der Waals surface area contributed by atoms with Crippen LogP contribution in [-0.4, -0.2) is 35.3 Å². The lowest BCUT2D eigenvalue weighted by atomic mass is 10.1. The molecule has 4 rings (SSSR count). The smallest absolute Gasteiger partial charge is 0.186 e. The maximum Gasteiger partial charge on any atom is 0.186 e. The molecule has 5 nitrogen and oxygen atoms in total. The SMILES string of the molecule is Cc1cc(-c2sc(N3CC(C)OC(C)C3)nc2CN)cc(C2CC2)n1. The zero-order valence-corrected chi connectivity index (χ0v) is 16.0. The number of pyridine rings is 1. The molecule has 2 unspecified atom stereocenters. The van der Waals surface area contributed by atoms with E-state index in [0.717, 1.165) is 29.6 Å². The molecule has 0 bridgehead atoms. The summed E-state index contributed by atoms with van der Waals surface area (Å²) in [6.45, 7) is 8.53. The van der Waals surface area contributed by atoms with E-state index in [-0.39, 0.29) is 12.2 Å². The zero-order valence-electron chi connectivity index (χ0n) is 15.2. The average Bonchev–Trinajstić information content (AvgIpc) is 3.32. The van der Waals surface area contributed by atoms with Gasteiger partial charge in [-0.2, -0.15) is 0 Å². The Kier molecular flexibility index (Phi) is 4.52. The molecular weight excluding hydrogens is 332 g/mol. The Morgan fingerprint density at radius 2 is 1.92 bits per heavy atom. The summed E-state index contributed by atoms with van der Waals surface area (Å²) in [4.78, 5) is 13.1. The monoisotopic (exact) mass is 358 g/mol. The quantitative estimate of drug-likeness (QED) is 0.907. The van der Waals surface area contributed by atoms with Crippen LogP contribution in [0.1, 0.15) is 49.7 Å². The van der Waals surface area contributed by atoms with E-state index in [2.05, 4.69) is 37.8 Å². The number of hydrogen-bond acceptors (Lipinski definition) is 6. The van der Waals surface area contributed by atoms with Gasteiger partial charge < -0.3 is 15.4 Å². The summed E-state index contributed by atoms with van der Waals surface area (Å²) in [5.74, 6) is 0.647. The molecule has 2 aromatic heterocycles. The minimum atomic E-state index is 0.224. The third kappa shape index (κ3) is 3.57. The summed E-state index contributed by atoms with van der Waals surface area (Å²) in [6, 6.07) is 4.40. The summed E-state index contributed by atoms with van der Waals surface area (Å²) in [5, 5.41) is 1.06. The number of ether oxygens (including phenoxy) is 1. The highest BCUT2D eigenvalue weighted by molar-refractivity contribution is 7.19. The van der Waals surface area contributed by atoms with Gasteiger partial charge in [0.2, 0.25) is 0 Å². The van der Waals surface area contributed by atoms with E-state index >= 15 is 0 Å². The minimum Gasteiger partial charge on any atom is -0.372 e. The van der Waals surface area contributed by atoms with Crippen molar-refractivity contribution < 1.29 is 4.74 Å². The van der Waals surface area contributed by atoms with Crippen molar-refractivity contribution in [3.05, 3.63) is 29.2 Å². The van der Waals surface area contributed by atoms with Gasteiger partial charge in [0.15, 0.2) is 5.13 Å². The molecule has 1 saturated carbocycles. The number of rotatable bonds is 4. The first-order chi connectivity index (χ1) is 12.0. The molecule has 25 heavy (non-hydrogen) atoms. The van der Waals surface area contributed by atoms with Crippen LogP contribution in [0.4, 0.5) is 5.13 Å². The second-order valence-electron chi connectivity index (χ2n) is 7.34. The summed E-state index contributed by atoms with van der Waals surface area (Å²) in [7, 11) is 0. The molecule has 2 aliphatic rings. The van der Waals surface area contributed by atoms with Crippen LogP contribution < -0.4 is 10.6 Å². The largest absolute Gasteiger partial charge is 0.372 e. The van der Waals surface area contributed by atoms with Crippen molar-refractivity contribution in [2.45, 2.75) is 58.3 Å². The fourth-order valence-corrected chi connectivity index (χ4v) is 4.69. The number of nitrogens with two attached hydrogens (primary N) is 1. The first kappa shape index (κ1) is 16.9. The highest BCUT2D eigenvalue weighted by Gasteiger charge is 2.28. The van der Waals surface area contributed by atoms with Crippen molar-refractivity contribution in [1.82, 2.24) is 9.97 Å². The molecule has 2 N–H and O–H groups in total.